The number of sulfonamides is 1. The van der Waals surface area contributed by atoms with Gasteiger partial charge >= 0.3 is 0 Å². The maximum Gasteiger partial charge on any atom is 0.243 e. The standard InChI is InChI=1S/C14H21NO3S/c1-11(2)14-10-18-9-8-15(14)19(16,17)13-6-4-12(3)5-7-13/h4-7,11,14H,8-10H2,1-3H3/t14-/m1/s1. The van der Waals surface area contributed by atoms with Crippen LogP contribution in [-0.4, -0.2) is 38.5 Å². The monoisotopic (exact) mass is 283 g/mol. The Morgan fingerprint density at radius 2 is 1.89 bits per heavy atom. The lowest BCUT2D eigenvalue weighted by Gasteiger charge is -2.36. The molecule has 1 atom stereocenters. The second-order valence-corrected chi connectivity index (χ2v) is 7.21. The van der Waals surface area contributed by atoms with Crippen molar-refractivity contribution in [1.82, 2.24) is 4.31 Å². The number of benzene rings is 1. The number of morpholine rings is 1. The Balaban J connectivity index is 2.34. The van der Waals surface area contributed by atoms with Crippen molar-refractivity contribution < 1.29 is 13.2 Å². The van der Waals surface area contributed by atoms with Gasteiger partial charge in [0.15, 0.2) is 0 Å². The average Bonchev–Trinajstić information content (AvgIpc) is 2.39. The molecule has 0 spiro atoms. The first-order chi connectivity index (χ1) is 8.93. The van der Waals surface area contributed by atoms with Crippen LogP contribution in [0.2, 0.25) is 0 Å². The van der Waals surface area contributed by atoms with Gasteiger partial charge in [-0.3, -0.25) is 0 Å². The van der Waals surface area contributed by atoms with E-state index in [1.54, 1.807) is 16.4 Å². The molecule has 4 nitrogen and oxygen atoms in total. The van der Waals surface area contributed by atoms with Crippen LogP contribution >= 0.6 is 0 Å². The number of nitrogens with zero attached hydrogens (tertiary/aromatic N) is 1. The van der Waals surface area contributed by atoms with E-state index in [0.717, 1.165) is 5.56 Å². The van der Waals surface area contributed by atoms with Crippen LogP contribution in [0.5, 0.6) is 0 Å². The fourth-order valence-electron chi connectivity index (χ4n) is 2.28. The summed E-state index contributed by atoms with van der Waals surface area (Å²) in [5.74, 6) is 0.237. The van der Waals surface area contributed by atoms with E-state index in [1.807, 2.05) is 32.9 Å². The van der Waals surface area contributed by atoms with E-state index < -0.39 is 10.0 Å². The maximum absolute atomic E-state index is 12.7. The van der Waals surface area contributed by atoms with Crippen molar-refractivity contribution in [1.29, 1.82) is 0 Å². The number of hydrogen-bond acceptors (Lipinski definition) is 3. The predicted octanol–water partition coefficient (Wildman–Crippen LogP) is 2.04. The lowest BCUT2D eigenvalue weighted by atomic mass is 10.1. The summed E-state index contributed by atoms with van der Waals surface area (Å²) >= 11 is 0. The van der Waals surface area contributed by atoms with Gasteiger partial charge in [-0.05, 0) is 25.0 Å². The largest absolute Gasteiger partial charge is 0.378 e. The molecule has 106 valence electrons. The summed E-state index contributed by atoms with van der Waals surface area (Å²) in [5.41, 5.74) is 1.06. The first-order valence-corrected chi connectivity index (χ1v) is 8.03. The van der Waals surface area contributed by atoms with E-state index in [4.69, 9.17) is 4.74 Å². The van der Waals surface area contributed by atoms with Crippen LogP contribution in [0.4, 0.5) is 0 Å². The topological polar surface area (TPSA) is 46.6 Å². The SMILES string of the molecule is Cc1ccc(S(=O)(=O)N2CCOC[C@@H]2C(C)C)cc1. The summed E-state index contributed by atoms with van der Waals surface area (Å²) in [6, 6.07) is 6.94. The zero-order valence-corrected chi connectivity index (χ0v) is 12.5. The smallest absolute Gasteiger partial charge is 0.243 e. The van der Waals surface area contributed by atoms with Gasteiger partial charge in [0, 0.05) is 6.54 Å². The van der Waals surface area contributed by atoms with E-state index in [1.165, 1.54) is 0 Å². The van der Waals surface area contributed by atoms with Gasteiger partial charge in [0.25, 0.3) is 0 Å². The van der Waals surface area contributed by atoms with Crippen LogP contribution in [0.1, 0.15) is 19.4 Å². The lowest BCUT2D eigenvalue weighted by Crippen LogP contribution is -2.50. The van der Waals surface area contributed by atoms with Crippen molar-refractivity contribution in [2.24, 2.45) is 5.92 Å². The zero-order chi connectivity index (χ0) is 14.0. The molecule has 1 saturated heterocycles. The van der Waals surface area contributed by atoms with E-state index in [9.17, 15) is 8.42 Å². The Morgan fingerprint density at radius 1 is 1.26 bits per heavy atom. The zero-order valence-electron chi connectivity index (χ0n) is 11.7. The first kappa shape index (κ1) is 14.5. The highest BCUT2D eigenvalue weighted by atomic mass is 32.2. The third kappa shape index (κ3) is 2.99. The number of ether oxygens (including phenoxy) is 1. The van der Waals surface area contributed by atoms with E-state index in [-0.39, 0.29) is 12.0 Å². The highest BCUT2D eigenvalue weighted by Crippen LogP contribution is 2.24. The molecule has 1 aliphatic rings. The van der Waals surface area contributed by atoms with Crippen molar-refractivity contribution in [2.45, 2.75) is 31.7 Å². The summed E-state index contributed by atoms with van der Waals surface area (Å²) in [5, 5.41) is 0. The minimum atomic E-state index is -3.42. The van der Waals surface area contributed by atoms with Crippen LogP contribution in [0.3, 0.4) is 0 Å². The molecule has 1 aromatic carbocycles. The van der Waals surface area contributed by atoms with Crippen molar-refractivity contribution >= 4 is 10.0 Å². The third-order valence-electron chi connectivity index (χ3n) is 3.51. The third-order valence-corrected chi connectivity index (χ3v) is 5.45. The Morgan fingerprint density at radius 3 is 2.47 bits per heavy atom. The molecule has 0 bridgehead atoms. The van der Waals surface area contributed by atoms with Gasteiger partial charge in [0.1, 0.15) is 0 Å². The molecule has 0 radical (unpaired) electrons. The van der Waals surface area contributed by atoms with Crippen LogP contribution < -0.4 is 0 Å². The molecule has 0 unspecified atom stereocenters. The summed E-state index contributed by atoms with van der Waals surface area (Å²) in [4.78, 5) is 0.366. The van der Waals surface area contributed by atoms with Crippen molar-refractivity contribution in [3.05, 3.63) is 29.8 Å². The molecule has 2 rings (SSSR count). The highest BCUT2D eigenvalue weighted by molar-refractivity contribution is 7.89. The van der Waals surface area contributed by atoms with Gasteiger partial charge in [-0.1, -0.05) is 31.5 Å². The number of aryl methyl sites for hydroxylation is 1. The molecule has 5 heteroatoms. The van der Waals surface area contributed by atoms with Gasteiger partial charge in [0.2, 0.25) is 10.0 Å². The fraction of sp³-hybridized carbons (Fsp3) is 0.571. The molecule has 0 N–H and O–H groups in total. The van der Waals surface area contributed by atoms with Crippen LogP contribution in [0, 0.1) is 12.8 Å². The minimum absolute atomic E-state index is 0.0833. The van der Waals surface area contributed by atoms with Gasteiger partial charge in [-0.25, -0.2) is 8.42 Å². The van der Waals surface area contributed by atoms with Crippen LogP contribution in [0.15, 0.2) is 29.2 Å². The Labute approximate surface area is 115 Å². The van der Waals surface area contributed by atoms with E-state index >= 15 is 0 Å². The van der Waals surface area contributed by atoms with Gasteiger partial charge < -0.3 is 4.74 Å². The molecule has 1 heterocycles. The van der Waals surface area contributed by atoms with Gasteiger partial charge in [-0.2, -0.15) is 4.31 Å². The Bertz CT molecular complexity index is 522. The van der Waals surface area contributed by atoms with E-state index in [2.05, 4.69) is 0 Å². The number of hydrogen-bond donors (Lipinski definition) is 0. The molecule has 1 fully saturated rings. The predicted molar refractivity (Wildman–Crippen MR) is 74.5 cm³/mol. The first-order valence-electron chi connectivity index (χ1n) is 6.59. The average molecular weight is 283 g/mol. The molecule has 0 aliphatic carbocycles. The Hall–Kier alpha value is -0.910. The molecule has 1 aromatic rings. The quantitative estimate of drug-likeness (QED) is 0.853. The summed E-state index contributed by atoms with van der Waals surface area (Å²) in [6.07, 6.45) is 0. The Kier molecular flexibility index (Phi) is 4.28. The fourth-order valence-corrected chi connectivity index (χ4v) is 4.00. The van der Waals surface area contributed by atoms with Gasteiger partial charge in [-0.15, -0.1) is 0 Å². The number of rotatable bonds is 3. The summed E-state index contributed by atoms with van der Waals surface area (Å²) < 4.78 is 32.4. The molecule has 0 amide bonds. The van der Waals surface area contributed by atoms with Crippen molar-refractivity contribution in [2.75, 3.05) is 19.8 Å². The lowest BCUT2D eigenvalue weighted by molar-refractivity contribution is 0.0160. The molecule has 0 saturated carbocycles. The highest BCUT2D eigenvalue weighted by Gasteiger charge is 2.35. The molecule has 0 aromatic heterocycles. The molecular weight excluding hydrogens is 262 g/mol. The van der Waals surface area contributed by atoms with Crippen molar-refractivity contribution in [3.63, 3.8) is 0 Å². The van der Waals surface area contributed by atoms with Crippen LogP contribution in [0.25, 0.3) is 0 Å². The second kappa shape index (κ2) is 5.61. The second-order valence-electron chi connectivity index (χ2n) is 5.32. The minimum Gasteiger partial charge on any atom is -0.378 e. The molecular formula is C14H21NO3S. The van der Waals surface area contributed by atoms with Gasteiger partial charge in [0.05, 0.1) is 24.2 Å². The van der Waals surface area contributed by atoms with Crippen LogP contribution in [-0.2, 0) is 14.8 Å². The normalized spacial score (nSPS) is 21.8. The maximum atomic E-state index is 12.7. The van der Waals surface area contributed by atoms with Crippen molar-refractivity contribution in [3.8, 4) is 0 Å². The molecule has 19 heavy (non-hydrogen) atoms. The van der Waals surface area contributed by atoms with E-state index in [0.29, 0.717) is 24.7 Å². The summed E-state index contributed by atoms with van der Waals surface area (Å²) in [6.45, 7) is 7.37. The molecule has 1 aliphatic heterocycles. The summed E-state index contributed by atoms with van der Waals surface area (Å²) in [7, 11) is -3.42.